The molecule has 0 aliphatic heterocycles. The van der Waals surface area contributed by atoms with Gasteiger partial charge in [0.2, 0.25) is 5.88 Å². The molecule has 0 saturated carbocycles. The maximum atomic E-state index is 12.6. The number of pyridine rings is 1. The standard InChI is InChI=1S/C18H20ClF3N4O2/c1-23-17(26-10-12-3-5-14(27-2)6-4-12)24-7-8-28-16-15(19)9-13(11-25-16)18(20,21)22/h3-6,9,11H,7-8,10H2,1-2H3,(H2,23,24,26). The van der Waals surface area contributed by atoms with Gasteiger partial charge in [0, 0.05) is 19.8 Å². The smallest absolute Gasteiger partial charge is 0.417 e. The molecule has 2 rings (SSSR count). The fourth-order valence-electron chi connectivity index (χ4n) is 2.15. The summed E-state index contributed by atoms with van der Waals surface area (Å²) in [5.41, 5.74) is 0.117. The van der Waals surface area contributed by atoms with Crippen molar-refractivity contribution in [3.05, 3.63) is 52.7 Å². The second-order valence-electron chi connectivity index (χ2n) is 5.56. The topological polar surface area (TPSA) is 67.8 Å². The number of halogens is 4. The Balaban J connectivity index is 1.76. The average Bonchev–Trinajstić information content (AvgIpc) is 2.68. The highest BCUT2D eigenvalue weighted by molar-refractivity contribution is 6.31. The number of ether oxygens (including phenoxy) is 2. The van der Waals surface area contributed by atoms with E-state index < -0.39 is 11.7 Å². The van der Waals surface area contributed by atoms with Crippen LogP contribution in [0.25, 0.3) is 0 Å². The average molecular weight is 417 g/mol. The van der Waals surface area contributed by atoms with Crippen LogP contribution in [0.15, 0.2) is 41.5 Å². The lowest BCUT2D eigenvalue weighted by molar-refractivity contribution is -0.137. The summed E-state index contributed by atoms with van der Waals surface area (Å²) in [6.07, 6.45) is -3.82. The van der Waals surface area contributed by atoms with Crippen LogP contribution in [-0.2, 0) is 12.7 Å². The van der Waals surface area contributed by atoms with Crippen molar-refractivity contribution in [1.82, 2.24) is 15.6 Å². The quantitative estimate of drug-likeness (QED) is 0.411. The molecule has 10 heteroatoms. The van der Waals surface area contributed by atoms with Crippen molar-refractivity contribution in [2.24, 2.45) is 4.99 Å². The molecule has 0 radical (unpaired) electrons. The highest BCUT2D eigenvalue weighted by Crippen LogP contribution is 2.32. The summed E-state index contributed by atoms with van der Waals surface area (Å²) >= 11 is 5.79. The molecule has 0 amide bonds. The van der Waals surface area contributed by atoms with Crippen LogP contribution in [0.2, 0.25) is 5.02 Å². The number of benzene rings is 1. The van der Waals surface area contributed by atoms with Crippen molar-refractivity contribution >= 4 is 17.6 Å². The first-order valence-electron chi connectivity index (χ1n) is 8.26. The molecule has 0 bridgehead atoms. The van der Waals surface area contributed by atoms with E-state index in [0.29, 0.717) is 25.2 Å². The van der Waals surface area contributed by atoms with Crippen LogP contribution in [0.4, 0.5) is 13.2 Å². The molecule has 2 N–H and O–H groups in total. The van der Waals surface area contributed by atoms with Crippen LogP contribution >= 0.6 is 11.6 Å². The van der Waals surface area contributed by atoms with Gasteiger partial charge in [-0.05, 0) is 23.8 Å². The van der Waals surface area contributed by atoms with Gasteiger partial charge in [-0.25, -0.2) is 4.98 Å². The minimum Gasteiger partial charge on any atom is -0.497 e. The van der Waals surface area contributed by atoms with Crippen LogP contribution in [0.3, 0.4) is 0 Å². The molecule has 152 valence electrons. The summed E-state index contributed by atoms with van der Waals surface area (Å²) in [7, 11) is 3.23. The summed E-state index contributed by atoms with van der Waals surface area (Å²) in [4.78, 5) is 7.70. The maximum absolute atomic E-state index is 12.6. The van der Waals surface area contributed by atoms with E-state index in [-0.39, 0.29) is 17.5 Å². The number of nitrogens with zero attached hydrogens (tertiary/aromatic N) is 2. The molecule has 0 aliphatic carbocycles. The molecular weight excluding hydrogens is 397 g/mol. The van der Waals surface area contributed by atoms with Gasteiger partial charge in [-0.2, -0.15) is 13.2 Å². The van der Waals surface area contributed by atoms with E-state index in [9.17, 15) is 13.2 Å². The van der Waals surface area contributed by atoms with Crippen molar-refractivity contribution in [1.29, 1.82) is 0 Å². The second-order valence-corrected chi connectivity index (χ2v) is 5.97. The molecule has 6 nitrogen and oxygen atoms in total. The molecule has 0 atom stereocenters. The molecule has 0 unspecified atom stereocenters. The zero-order valence-electron chi connectivity index (χ0n) is 15.3. The Hall–Kier alpha value is -2.68. The van der Waals surface area contributed by atoms with E-state index in [2.05, 4.69) is 20.6 Å². The van der Waals surface area contributed by atoms with Gasteiger partial charge in [0.15, 0.2) is 5.96 Å². The number of alkyl halides is 3. The first-order chi connectivity index (χ1) is 13.3. The number of aliphatic imine (C=N–C) groups is 1. The van der Waals surface area contributed by atoms with E-state index in [0.717, 1.165) is 17.4 Å². The Bertz CT molecular complexity index is 798. The maximum Gasteiger partial charge on any atom is 0.417 e. The molecule has 0 spiro atoms. The number of hydrogen-bond donors (Lipinski definition) is 2. The first-order valence-corrected chi connectivity index (χ1v) is 8.64. The Morgan fingerprint density at radius 2 is 1.93 bits per heavy atom. The van der Waals surface area contributed by atoms with E-state index in [1.54, 1.807) is 14.2 Å². The van der Waals surface area contributed by atoms with Gasteiger partial charge >= 0.3 is 6.18 Å². The van der Waals surface area contributed by atoms with E-state index in [1.807, 2.05) is 24.3 Å². The van der Waals surface area contributed by atoms with Crippen LogP contribution in [0.5, 0.6) is 11.6 Å². The van der Waals surface area contributed by atoms with Gasteiger partial charge in [-0.3, -0.25) is 4.99 Å². The van der Waals surface area contributed by atoms with Crippen LogP contribution in [-0.4, -0.2) is 38.3 Å². The molecule has 0 fully saturated rings. The third-order valence-electron chi connectivity index (χ3n) is 3.61. The van der Waals surface area contributed by atoms with Crippen LogP contribution in [0.1, 0.15) is 11.1 Å². The third kappa shape index (κ3) is 6.49. The lowest BCUT2D eigenvalue weighted by atomic mass is 10.2. The highest BCUT2D eigenvalue weighted by Gasteiger charge is 2.31. The first kappa shape index (κ1) is 21.6. The van der Waals surface area contributed by atoms with Crippen molar-refractivity contribution in [3.8, 4) is 11.6 Å². The van der Waals surface area contributed by atoms with Gasteiger partial charge in [0.05, 0.1) is 19.2 Å². The highest BCUT2D eigenvalue weighted by atomic mass is 35.5. The SMILES string of the molecule is CN=C(NCCOc1ncc(C(F)(F)F)cc1Cl)NCc1ccc(OC)cc1. The second kappa shape index (κ2) is 10.0. The Morgan fingerprint density at radius 3 is 2.50 bits per heavy atom. The lowest BCUT2D eigenvalue weighted by Crippen LogP contribution is -2.38. The van der Waals surface area contributed by atoms with Crippen molar-refractivity contribution in [2.75, 3.05) is 27.3 Å². The number of methoxy groups -OCH3 is 1. The summed E-state index contributed by atoms with van der Waals surface area (Å²) in [5.74, 6) is 1.27. The number of aromatic nitrogens is 1. The Labute approximate surface area is 165 Å². The fraction of sp³-hybridized carbons (Fsp3) is 0.333. The molecule has 0 saturated heterocycles. The molecule has 28 heavy (non-hydrogen) atoms. The Morgan fingerprint density at radius 1 is 1.21 bits per heavy atom. The predicted octanol–water partition coefficient (Wildman–Crippen LogP) is 3.51. The molecule has 2 aromatic rings. The lowest BCUT2D eigenvalue weighted by Gasteiger charge is -2.13. The van der Waals surface area contributed by atoms with E-state index >= 15 is 0 Å². The summed E-state index contributed by atoms with van der Waals surface area (Å²) in [5, 5.41) is 5.96. The van der Waals surface area contributed by atoms with Crippen molar-refractivity contribution in [2.45, 2.75) is 12.7 Å². The monoisotopic (exact) mass is 416 g/mol. The number of nitrogens with one attached hydrogen (secondary N) is 2. The number of hydrogen-bond acceptors (Lipinski definition) is 4. The summed E-state index contributed by atoms with van der Waals surface area (Å²) in [6, 6.07) is 8.37. The normalized spacial score (nSPS) is 11.9. The van der Waals surface area contributed by atoms with Gasteiger partial charge < -0.3 is 20.1 Å². The van der Waals surface area contributed by atoms with E-state index in [4.69, 9.17) is 21.1 Å². The summed E-state index contributed by atoms with van der Waals surface area (Å²) in [6.45, 7) is 1.04. The van der Waals surface area contributed by atoms with Gasteiger partial charge in [-0.15, -0.1) is 0 Å². The number of guanidine groups is 1. The fourth-order valence-corrected chi connectivity index (χ4v) is 2.37. The molecular formula is C18H20ClF3N4O2. The molecule has 1 aromatic heterocycles. The molecule has 1 heterocycles. The van der Waals surface area contributed by atoms with Crippen molar-refractivity contribution < 1.29 is 22.6 Å². The zero-order valence-corrected chi connectivity index (χ0v) is 16.1. The minimum atomic E-state index is -4.50. The van der Waals surface area contributed by atoms with Crippen LogP contribution < -0.4 is 20.1 Å². The number of rotatable bonds is 7. The Kier molecular flexibility index (Phi) is 7.74. The van der Waals surface area contributed by atoms with Gasteiger partial charge in [0.25, 0.3) is 0 Å². The van der Waals surface area contributed by atoms with E-state index in [1.165, 1.54) is 0 Å². The minimum absolute atomic E-state index is 0.0577. The van der Waals surface area contributed by atoms with Gasteiger partial charge in [-0.1, -0.05) is 23.7 Å². The largest absolute Gasteiger partial charge is 0.497 e. The summed E-state index contributed by atoms with van der Waals surface area (Å²) < 4.78 is 48.2. The molecule has 0 aliphatic rings. The molecule has 1 aromatic carbocycles. The van der Waals surface area contributed by atoms with Gasteiger partial charge in [0.1, 0.15) is 17.4 Å². The van der Waals surface area contributed by atoms with Crippen LogP contribution in [0, 0.1) is 0 Å². The predicted molar refractivity (Wildman–Crippen MR) is 101 cm³/mol. The zero-order chi connectivity index (χ0) is 20.6. The third-order valence-corrected chi connectivity index (χ3v) is 3.88. The van der Waals surface area contributed by atoms with Crippen molar-refractivity contribution in [3.63, 3.8) is 0 Å².